The van der Waals surface area contributed by atoms with Gasteiger partial charge in [0.15, 0.2) is 0 Å². The van der Waals surface area contributed by atoms with E-state index >= 15 is 0 Å². The molecule has 0 atom stereocenters. The molecule has 110 valence electrons. The summed E-state index contributed by atoms with van der Waals surface area (Å²) in [5, 5.41) is 0. The summed E-state index contributed by atoms with van der Waals surface area (Å²) in [4.78, 5) is 5.17. The van der Waals surface area contributed by atoms with E-state index in [1.165, 1.54) is 45.6 Å². The number of benzene rings is 1. The van der Waals surface area contributed by atoms with Crippen molar-refractivity contribution in [1.29, 1.82) is 0 Å². The van der Waals surface area contributed by atoms with Gasteiger partial charge < -0.3 is 9.64 Å². The van der Waals surface area contributed by atoms with E-state index < -0.39 is 0 Å². The van der Waals surface area contributed by atoms with Crippen LogP contribution in [0.4, 0.5) is 0 Å². The topological polar surface area (TPSA) is 15.7 Å². The Hall–Kier alpha value is -0.900. The molecule has 0 spiro atoms. The molecule has 3 rings (SSSR count). The normalized spacial score (nSPS) is 21.2. The van der Waals surface area contributed by atoms with Gasteiger partial charge in [-0.1, -0.05) is 24.3 Å². The fourth-order valence-electron chi connectivity index (χ4n) is 3.56. The fourth-order valence-corrected chi connectivity index (χ4v) is 3.56. The van der Waals surface area contributed by atoms with Gasteiger partial charge in [-0.15, -0.1) is 0 Å². The second kappa shape index (κ2) is 6.70. The predicted octanol–water partition coefficient (Wildman–Crippen LogP) is 1.67. The molecule has 1 fully saturated rings. The maximum absolute atomic E-state index is 5.16. The van der Waals surface area contributed by atoms with E-state index in [1.54, 1.807) is 18.2 Å². The van der Waals surface area contributed by atoms with Gasteiger partial charge in [0.25, 0.3) is 0 Å². The van der Waals surface area contributed by atoms with Gasteiger partial charge in [0.05, 0.1) is 6.61 Å². The number of methoxy groups -OCH3 is 1. The molecule has 3 nitrogen and oxygen atoms in total. The highest BCUT2D eigenvalue weighted by atomic mass is 16.5. The Bertz CT molecular complexity index is 402. The van der Waals surface area contributed by atoms with E-state index in [9.17, 15) is 0 Å². The Labute approximate surface area is 122 Å². The van der Waals surface area contributed by atoms with Crippen LogP contribution in [-0.2, 0) is 17.6 Å². The number of nitrogens with zero attached hydrogens (tertiary/aromatic N) is 2. The molecule has 0 amide bonds. The number of ether oxygens (including phenoxy) is 1. The predicted molar refractivity (Wildman–Crippen MR) is 82.1 cm³/mol. The minimum absolute atomic E-state index is 0.831. The molecule has 0 bridgehead atoms. The third-order valence-corrected chi connectivity index (χ3v) is 4.73. The number of fused-ring (bicyclic) bond motifs is 1. The summed E-state index contributed by atoms with van der Waals surface area (Å²) in [7, 11) is 1.79. The fraction of sp³-hybridized carbons (Fsp3) is 0.647. The molecule has 0 unspecified atom stereocenters. The molecule has 0 N–H and O–H groups in total. The third-order valence-electron chi connectivity index (χ3n) is 4.73. The third kappa shape index (κ3) is 3.40. The van der Waals surface area contributed by atoms with Crippen LogP contribution in [0.3, 0.4) is 0 Å². The van der Waals surface area contributed by atoms with Crippen molar-refractivity contribution in [3.63, 3.8) is 0 Å². The van der Waals surface area contributed by atoms with Gasteiger partial charge in [0.2, 0.25) is 0 Å². The van der Waals surface area contributed by atoms with Crippen LogP contribution >= 0.6 is 0 Å². The lowest BCUT2D eigenvalue weighted by molar-refractivity contribution is 0.0897. The molecule has 2 aliphatic rings. The van der Waals surface area contributed by atoms with Crippen LogP contribution in [0.25, 0.3) is 0 Å². The van der Waals surface area contributed by atoms with E-state index in [4.69, 9.17) is 4.74 Å². The van der Waals surface area contributed by atoms with Gasteiger partial charge in [-0.2, -0.15) is 0 Å². The highest BCUT2D eigenvalue weighted by molar-refractivity contribution is 5.32. The van der Waals surface area contributed by atoms with Crippen LogP contribution in [-0.4, -0.2) is 62.8 Å². The summed E-state index contributed by atoms with van der Waals surface area (Å²) in [6.45, 7) is 8.04. The van der Waals surface area contributed by atoms with Crippen LogP contribution in [0.15, 0.2) is 24.3 Å². The second-order valence-corrected chi connectivity index (χ2v) is 6.18. The number of hydrogen-bond donors (Lipinski definition) is 0. The van der Waals surface area contributed by atoms with Crippen molar-refractivity contribution >= 4 is 0 Å². The minimum atomic E-state index is 0.831. The zero-order valence-corrected chi connectivity index (χ0v) is 12.6. The average molecular weight is 274 g/mol. The van der Waals surface area contributed by atoms with Gasteiger partial charge in [-0.25, -0.2) is 0 Å². The first kappa shape index (κ1) is 14.1. The van der Waals surface area contributed by atoms with Crippen LogP contribution in [0.2, 0.25) is 0 Å². The van der Waals surface area contributed by atoms with E-state index in [-0.39, 0.29) is 0 Å². The van der Waals surface area contributed by atoms with Crippen molar-refractivity contribution in [2.45, 2.75) is 12.8 Å². The molecule has 1 saturated heterocycles. The van der Waals surface area contributed by atoms with Gasteiger partial charge in [0.1, 0.15) is 0 Å². The first-order valence-corrected chi connectivity index (χ1v) is 7.85. The Balaban J connectivity index is 1.43. The van der Waals surface area contributed by atoms with E-state index in [0.717, 1.165) is 19.1 Å². The molecule has 1 heterocycles. The second-order valence-electron chi connectivity index (χ2n) is 6.18. The molecule has 1 aromatic carbocycles. The van der Waals surface area contributed by atoms with Crippen LogP contribution < -0.4 is 0 Å². The first-order valence-electron chi connectivity index (χ1n) is 7.85. The quantitative estimate of drug-likeness (QED) is 0.812. The molecule has 1 aliphatic heterocycles. The van der Waals surface area contributed by atoms with Crippen LogP contribution in [0.1, 0.15) is 11.1 Å². The summed E-state index contributed by atoms with van der Waals surface area (Å²) in [5.41, 5.74) is 3.16. The summed E-state index contributed by atoms with van der Waals surface area (Å²) < 4.78 is 5.16. The van der Waals surface area contributed by atoms with Gasteiger partial charge in [-0.05, 0) is 29.9 Å². The van der Waals surface area contributed by atoms with Gasteiger partial charge in [0, 0.05) is 46.4 Å². The number of hydrogen-bond acceptors (Lipinski definition) is 3. The van der Waals surface area contributed by atoms with Gasteiger partial charge >= 0.3 is 0 Å². The molecule has 0 aromatic heterocycles. The Morgan fingerprint density at radius 1 is 1.00 bits per heavy atom. The number of rotatable bonds is 5. The highest BCUT2D eigenvalue weighted by Crippen LogP contribution is 2.27. The smallest absolute Gasteiger partial charge is 0.0589 e. The zero-order chi connectivity index (χ0) is 13.8. The molecule has 0 saturated carbocycles. The van der Waals surface area contributed by atoms with E-state index in [0.29, 0.717) is 0 Å². The summed E-state index contributed by atoms with van der Waals surface area (Å²) >= 11 is 0. The number of piperazine rings is 1. The lowest BCUT2D eigenvalue weighted by Crippen LogP contribution is -2.48. The molecule has 1 aromatic rings. The zero-order valence-electron chi connectivity index (χ0n) is 12.6. The molecule has 20 heavy (non-hydrogen) atoms. The Kier molecular flexibility index (Phi) is 4.71. The Morgan fingerprint density at radius 3 is 2.20 bits per heavy atom. The van der Waals surface area contributed by atoms with Crippen molar-refractivity contribution in [3.8, 4) is 0 Å². The SMILES string of the molecule is COCCN1CCN(CC2Cc3ccccc3C2)CC1. The van der Waals surface area contributed by atoms with Gasteiger partial charge in [-0.3, -0.25) is 4.90 Å². The lowest BCUT2D eigenvalue weighted by Gasteiger charge is -2.35. The van der Waals surface area contributed by atoms with E-state index in [1.807, 2.05) is 0 Å². The summed E-state index contributed by atoms with van der Waals surface area (Å²) in [6, 6.07) is 8.96. The van der Waals surface area contributed by atoms with Crippen LogP contribution in [0, 0.1) is 5.92 Å². The molecular formula is C17H26N2O. The molecule has 3 heteroatoms. The Morgan fingerprint density at radius 2 is 1.60 bits per heavy atom. The first-order chi connectivity index (χ1) is 9.85. The van der Waals surface area contributed by atoms with Crippen molar-refractivity contribution < 1.29 is 4.74 Å². The monoisotopic (exact) mass is 274 g/mol. The van der Waals surface area contributed by atoms with Crippen molar-refractivity contribution in [2.75, 3.05) is 53.0 Å². The van der Waals surface area contributed by atoms with Crippen molar-refractivity contribution in [1.82, 2.24) is 9.80 Å². The van der Waals surface area contributed by atoms with Crippen molar-refractivity contribution in [3.05, 3.63) is 35.4 Å². The average Bonchev–Trinajstić information content (AvgIpc) is 2.89. The maximum atomic E-state index is 5.16. The maximum Gasteiger partial charge on any atom is 0.0589 e. The highest BCUT2D eigenvalue weighted by Gasteiger charge is 2.24. The van der Waals surface area contributed by atoms with E-state index in [2.05, 4.69) is 34.1 Å². The molecular weight excluding hydrogens is 248 g/mol. The minimum Gasteiger partial charge on any atom is -0.383 e. The van der Waals surface area contributed by atoms with Crippen LogP contribution in [0.5, 0.6) is 0 Å². The van der Waals surface area contributed by atoms with Crippen molar-refractivity contribution in [2.24, 2.45) is 5.92 Å². The molecule has 0 radical (unpaired) electrons. The largest absolute Gasteiger partial charge is 0.383 e. The summed E-state index contributed by atoms with van der Waals surface area (Å²) in [5.74, 6) is 0.831. The molecule has 1 aliphatic carbocycles. The summed E-state index contributed by atoms with van der Waals surface area (Å²) in [6.07, 6.45) is 2.56. The standard InChI is InChI=1S/C17H26N2O/c1-20-11-10-18-6-8-19(9-7-18)14-15-12-16-4-2-3-5-17(16)13-15/h2-5,15H,6-14H2,1H3. The lowest BCUT2D eigenvalue weighted by atomic mass is 10.1.